The number of carbonyl (C=O) groups excluding carboxylic acids is 2. The fourth-order valence-corrected chi connectivity index (χ4v) is 4.30. The molecule has 148 valence electrons. The first kappa shape index (κ1) is 21.0. The van der Waals surface area contributed by atoms with Crippen molar-refractivity contribution in [2.45, 2.75) is 26.2 Å². The van der Waals surface area contributed by atoms with Gasteiger partial charge in [0.05, 0.1) is 22.4 Å². The molecule has 0 spiro atoms. The fraction of sp³-hybridized carbons (Fsp3) is 0.227. The number of amides is 2. The van der Waals surface area contributed by atoms with Gasteiger partial charge in [0, 0.05) is 23.0 Å². The van der Waals surface area contributed by atoms with Gasteiger partial charge < -0.3 is 10.6 Å². The Kier molecular flexibility index (Phi) is 6.63. The minimum absolute atomic E-state index is 0.0844. The lowest BCUT2D eigenvalue weighted by Gasteiger charge is -2.25. The molecule has 5 nitrogen and oxygen atoms in total. The van der Waals surface area contributed by atoms with Gasteiger partial charge >= 0.3 is 0 Å². The maximum absolute atomic E-state index is 12.4. The van der Waals surface area contributed by atoms with Crippen LogP contribution in [0.15, 0.2) is 53.1 Å². The summed E-state index contributed by atoms with van der Waals surface area (Å²) in [4.78, 5) is 24.6. The largest absolute Gasteiger partial charge is 0.325 e. The minimum atomic E-state index is -0.351. The molecule has 0 aromatic heterocycles. The predicted molar refractivity (Wildman–Crippen MR) is 117 cm³/mol. The quantitative estimate of drug-likeness (QED) is 0.729. The Labute approximate surface area is 179 Å². The molecular formula is C22H20ClN3O2S. The summed E-state index contributed by atoms with van der Waals surface area (Å²) >= 11 is 7.10. The summed E-state index contributed by atoms with van der Waals surface area (Å²) in [5.74, 6) is -0.647. The average molecular weight is 426 g/mol. The lowest BCUT2D eigenvalue weighted by atomic mass is 9.87. The van der Waals surface area contributed by atoms with Gasteiger partial charge in [0.15, 0.2) is 0 Å². The number of nitrogens with one attached hydrogen (secondary N) is 2. The van der Waals surface area contributed by atoms with Gasteiger partial charge in [-0.1, -0.05) is 41.6 Å². The highest BCUT2D eigenvalue weighted by Gasteiger charge is 2.29. The Morgan fingerprint density at radius 2 is 1.90 bits per heavy atom. The first-order valence-corrected chi connectivity index (χ1v) is 10.4. The van der Waals surface area contributed by atoms with Gasteiger partial charge in [-0.05, 0) is 54.8 Å². The van der Waals surface area contributed by atoms with Crippen LogP contribution in [0.5, 0.6) is 0 Å². The van der Waals surface area contributed by atoms with E-state index < -0.39 is 0 Å². The van der Waals surface area contributed by atoms with Crippen molar-refractivity contribution >= 4 is 40.9 Å². The summed E-state index contributed by atoms with van der Waals surface area (Å²) in [6.07, 6.45) is 0.184. The Bertz CT molecular complexity index is 1010. The van der Waals surface area contributed by atoms with Crippen molar-refractivity contribution in [2.75, 3.05) is 11.1 Å². The molecule has 29 heavy (non-hydrogen) atoms. The second-order valence-corrected chi connectivity index (χ2v) is 8.35. The van der Waals surface area contributed by atoms with E-state index in [1.165, 1.54) is 0 Å². The van der Waals surface area contributed by atoms with Crippen LogP contribution in [0.3, 0.4) is 0 Å². The minimum Gasteiger partial charge on any atom is -0.325 e. The molecule has 2 aromatic carbocycles. The summed E-state index contributed by atoms with van der Waals surface area (Å²) < 4.78 is 0. The first-order chi connectivity index (χ1) is 13.9. The SMILES string of the molecule is Cc1cc(C)cc(NC(=O)CSC2=C(C#N)[C@@H](c3ccc(Cl)cc3)CC(=O)N2)c1. The third kappa shape index (κ3) is 5.41. The fourth-order valence-electron chi connectivity index (χ4n) is 3.29. The van der Waals surface area contributed by atoms with Gasteiger partial charge in [0.25, 0.3) is 0 Å². The molecule has 0 radical (unpaired) electrons. The molecule has 0 aliphatic carbocycles. The highest BCUT2D eigenvalue weighted by molar-refractivity contribution is 8.03. The lowest BCUT2D eigenvalue weighted by Crippen LogP contribution is -2.31. The van der Waals surface area contributed by atoms with Crippen LogP contribution in [0.1, 0.15) is 29.0 Å². The van der Waals surface area contributed by atoms with Crippen LogP contribution in [-0.4, -0.2) is 17.6 Å². The van der Waals surface area contributed by atoms with Crippen LogP contribution in [0.4, 0.5) is 5.69 Å². The highest BCUT2D eigenvalue weighted by Crippen LogP contribution is 2.36. The van der Waals surface area contributed by atoms with E-state index in [2.05, 4.69) is 16.7 Å². The molecule has 2 amide bonds. The maximum atomic E-state index is 12.4. The van der Waals surface area contributed by atoms with E-state index in [0.717, 1.165) is 34.1 Å². The number of nitriles is 1. The third-order valence-corrected chi connectivity index (χ3v) is 5.75. The molecule has 2 aromatic rings. The summed E-state index contributed by atoms with van der Waals surface area (Å²) in [5.41, 5.74) is 4.16. The van der Waals surface area contributed by atoms with E-state index in [4.69, 9.17) is 11.6 Å². The van der Waals surface area contributed by atoms with E-state index in [9.17, 15) is 14.9 Å². The second kappa shape index (κ2) is 9.17. The number of aryl methyl sites for hydroxylation is 2. The molecule has 0 saturated carbocycles. The van der Waals surface area contributed by atoms with Gasteiger partial charge in [-0.15, -0.1) is 0 Å². The number of allylic oxidation sites excluding steroid dienone is 1. The van der Waals surface area contributed by atoms with E-state index in [-0.39, 0.29) is 29.9 Å². The van der Waals surface area contributed by atoms with E-state index in [1.54, 1.807) is 12.1 Å². The molecule has 0 unspecified atom stereocenters. The number of nitrogens with zero attached hydrogens (tertiary/aromatic N) is 1. The van der Waals surface area contributed by atoms with Crippen LogP contribution in [-0.2, 0) is 9.59 Å². The maximum Gasteiger partial charge on any atom is 0.234 e. The Balaban J connectivity index is 1.75. The van der Waals surface area contributed by atoms with E-state index in [0.29, 0.717) is 15.6 Å². The van der Waals surface area contributed by atoms with Gasteiger partial charge in [-0.2, -0.15) is 5.26 Å². The number of hydrogen-bond donors (Lipinski definition) is 2. The van der Waals surface area contributed by atoms with Gasteiger partial charge in [0.1, 0.15) is 0 Å². The van der Waals surface area contributed by atoms with Gasteiger partial charge in [0.2, 0.25) is 11.8 Å². The van der Waals surface area contributed by atoms with Gasteiger partial charge in [-0.3, -0.25) is 9.59 Å². The molecule has 0 bridgehead atoms. The number of benzene rings is 2. The molecule has 1 heterocycles. The molecule has 2 N–H and O–H groups in total. The van der Waals surface area contributed by atoms with Crippen molar-refractivity contribution in [3.63, 3.8) is 0 Å². The molecule has 3 rings (SSSR count). The Morgan fingerprint density at radius 1 is 1.24 bits per heavy atom. The smallest absolute Gasteiger partial charge is 0.234 e. The topological polar surface area (TPSA) is 82.0 Å². The van der Waals surface area contributed by atoms with Crippen molar-refractivity contribution in [1.29, 1.82) is 5.26 Å². The Morgan fingerprint density at radius 3 is 2.52 bits per heavy atom. The number of halogens is 1. The molecular weight excluding hydrogens is 406 g/mol. The third-order valence-electron chi connectivity index (χ3n) is 4.48. The average Bonchev–Trinajstić information content (AvgIpc) is 2.65. The summed E-state index contributed by atoms with van der Waals surface area (Å²) in [7, 11) is 0. The standard InChI is InChI=1S/C22H20ClN3O2S/c1-13-7-14(2)9-17(8-13)25-21(28)12-29-22-19(11-24)18(10-20(27)26-22)15-3-5-16(23)6-4-15/h3-9,18H,10,12H2,1-2H3,(H,25,28)(H,26,27)/t18-/m1/s1. The normalized spacial score (nSPS) is 16.2. The molecule has 1 atom stereocenters. The lowest BCUT2D eigenvalue weighted by molar-refractivity contribution is -0.121. The molecule has 0 saturated heterocycles. The van der Waals surface area contributed by atoms with Crippen molar-refractivity contribution in [3.8, 4) is 6.07 Å². The highest BCUT2D eigenvalue weighted by atomic mass is 35.5. The molecule has 7 heteroatoms. The zero-order valence-corrected chi connectivity index (χ0v) is 17.7. The van der Waals surface area contributed by atoms with Crippen LogP contribution in [0.2, 0.25) is 5.02 Å². The number of hydrogen-bond acceptors (Lipinski definition) is 4. The second-order valence-electron chi connectivity index (χ2n) is 6.92. The van der Waals surface area contributed by atoms with Gasteiger partial charge in [-0.25, -0.2) is 0 Å². The van der Waals surface area contributed by atoms with Crippen molar-refractivity contribution in [2.24, 2.45) is 0 Å². The van der Waals surface area contributed by atoms with Crippen LogP contribution < -0.4 is 10.6 Å². The number of thioether (sulfide) groups is 1. The zero-order chi connectivity index (χ0) is 21.0. The van der Waals surface area contributed by atoms with E-state index >= 15 is 0 Å². The number of anilines is 1. The predicted octanol–water partition coefficient (Wildman–Crippen LogP) is 4.67. The van der Waals surface area contributed by atoms with Crippen molar-refractivity contribution in [3.05, 3.63) is 74.8 Å². The number of carbonyl (C=O) groups is 2. The van der Waals surface area contributed by atoms with Crippen LogP contribution in [0, 0.1) is 25.2 Å². The first-order valence-electron chi connectivity index (χ1n) is 9.06. The molecule has 0 fully saturated rings. The summed E-state index contributed by atoms with van der Waals surface area (Å²) in [5, 5.41) is 16.3. The van der Waals surface area contributed by atoms with Crippen molar-refractivity contribution in [1.82, 2.24) is 5.32 Å². The summed E-state index contributed by atoms with van der Waals surface area (Å²) in [6, 6.07) is 15.1. The van der Waals surface area contributed by atoms with Crippen LogP contribution >= 0.6 is 23.4 Å². The molecule has 1 aliphatic heterocycles. The van der Waals surface area contributed by atoms with Crippen molar-refractivity contribution < 1.29 is 9.59 Å². The molecule has 1 aliphatic rings. The Hall–Kier alpha value is -2.75. The van der Waals surface area contributed by atoms with E-state index in [1.807, 2.05) is 44.2 Å². The summed E-state index contributed by atoms with van der Waals surface area (Å²) in [6.45, 7) is 3.94. The zero-order valence-electron chi connectivity index (χ0n) is 16.1. The monoisotopic (exact) mass is 425 g/mol. The van der Waals surface area contributed by atoms with Crippen LogP contribution in [0.25, 0.3) is 0 Å². The number of rotatable bonds is 5.